The second-order valence-electron chi connectivity index (χ2n) is 5.72. The molecule has 0 spiro atoms. The van der Waals surface area contributed by atoms with Crippen LogP contribution in [0, 0.1) is 11.8 Å². The fraction of sp³-hybridized carbons (Fsp3) is 0.857. The van der Waals surface area contributed by atoms with E-state index in [9.17, 15) is 14.7 Å². The van der Waals surface area contributed by atoms with Crippen LogP contribution < -0.4 is 5.32 Å². The number of carboxylic acid groups (broad SMARTS) is 1. The van der Waals surface area contributed by atoms with Crippen molar-refractivity contribution in [3.63, 3.8) is 0 Å². The number of carboxylic acids is 1. The average Bonchev–Trinajstić information content (AvgIpc) is 2.46. The number of likely N-dealkylation sites (tertiary alicyclic amines) is 1. The van der Waals surface area contributed by atoms with Gasteiger partial charge >= 0.3 is 12.0 Å². The molecule has 2 atom stereocenters. The summed E-state index contributed by atoms with van der Waals surface area (Å²) in [6, 6.07) is -0.0191. The van der Waals surface area contributed by atoms with E-state index in [2.05, 4.69) is 5.32 Å². The molecular weight excluding hydrogens is 244 g/mol. The summed E-state index contributed by atoms with van der Waals surface area (Å²) < 4.78 is 0. The lowest BCUT2D eigenvalue weighted by molar-refractivity contribution is -0.144. The molecule has 0 aromatic heterocycles. The monoisotopic (exact) mass is 268 g/mol. The van der Waals surface area contributed by atoms with Gasteiger partial charge in [0.25, 0.3) is 0 Å². The van der Waals surface area contributed by atoms with Gasteiger partial charge in [-0.05, 0) is 38.0 Å². The second-order valence-corrected chi connectivity index (χ2v) is 5.72. The Morgan fingerprint density at radius 2 is 1.74 bits per heavy atom. The van der Waals surface area contributed by atoms with Gasteiger partial charge in [-0.25, -0.2) is 4.79 Å². The van der Waals surface area contributed by atoms with Crippen molar-refractivity contribution in [3.8, 4) is 0 Å². The molecule has 0 aromatic carbocycles. The van der Waals surface area contributed by atoms with Crippen LogP contribution in [0.3, 0.4) is 0 Å². The van der Waals surface area contributed by atoms with Crippen LogP contribution >= 0.6 is 0 Å². The zero-order valence-corrected chi connectivity index (χ0v) is 11.4. The largest absolute Gasteiger partial charge is 0.481 e. The molecule has 0 bridgehead atoms. The van der Waals surface area contributed by atoms with E-state index in [1.54, 1.807) is 0 Å². The van der Waals surface area contributed by atoms with Crippen LogP contribution in [-0.2, 0) is 4.79 Å². The first-order valence-electron chi connectivity index (χ1n) is 7.44. The number of nitrogens with zero attached hydrogens (tertiary/aromatic N) is 1. The number of rotatable bonds is 3. The van der Waals surface area contributed by atoms with E-state index >= 15 is 0 Å². The van der Waals surface area contributed by atoms with Gasteiger partial charge in [0.15, 0.2) is 0 Å². The number of urea groups is 1. The molecule has 1 aliphatic carbocycles. The summed E-state index contributed by atoms with van der Waals surface area (Å²) in [5, 5.41) is 12.1. The van der Waals surface area contributed by atoms with Crippen LogP contribution in [-0.4, -0.2) is 41.6 Å². The average molecular weight is 268 g/mol. The molecule has 2 fully saturated rings. The first-order valence-corrected chi connectivity index (χ1v) is 7.44. The van der Waals surface area contributed by atoms with Crippen LogP contribution in [0.4, 0.5) is 4.79 Å². The smallest absolute Gasteiger partial charge is 0.317 e. The minimum absolute atomic E-state index is 0.0191. The van der Waals surface area contributed by atoms with E-state index in [1.807, 2.05) is 4.90 Å². The van der Waals surface area contributed by atoms with Crippen LogP contribution in [0.25, 0.3) is 0 Å². The van der Waals surface area contributed by atoms with E-state index < -0.39 is 5.97 Å². The molecule has 1 aliphatic heterocycles. The fourth-order valence-electron chi connectivity index (χ4n) is 3.20. The number of aliphatic carboxylic acids is 1. The van der Waals surface area contributed by atoms with E-state index in [-0.39, 0.29) is 17.9 Å². The van der Waals surface area contributed by atoms with Gasteiger partial charge in [0, 0.05) is 19.6 Å². The minimum atomic E-state index is -0.711. The first-order chi connectivity index (χ1) is 9.18. The maximum Gasteiger partial charge on any atom is 0.317 e. The normalized spacial score (nSPS) is 27.9. The Morgan fingerprint density at radius 1 is 1.05 bits per heavy atom. The van der Waals surface area contributed by atoms with Crippen LogP contribution in [0.15, 0.2) is 0 Å². The van der Waals surface area contributed by atoms with Gasteiger partial charge in [-0.15, -0.1) is 0 Å². The lowest BCUT2D eigenvalue weighted by Gasteiger charge is -2.31. The number of nitrogens with one attached hydrogen (secondary N) is 1. The van der Waals surface area contributed by atoms with E-state index in [4.69, 9.17) is 0 Å². The number of amides is 2. The third kappa shape index (κ3) is 3.85. The third-order valence-electron chi connectivity index (χ3n) is 4.39. The van der Waals surface area contributed by atoms with E-state index in [1.165, 1.54) is 6.42 Å². The summed E-state index contributed by atoms with van der Waals surface area (Å²) in [4.78, 5) is 25.0. The van der Waals surface area contributed by atoms with Crippen molar-refractivity contribution in [1.82, 2.24) is 10.2 Å². The zero-order chi connectivity index (χ0) is 13.7. The number of carbonyl (C=O) groups excluding carboxylic acids is 1. The Hall–Kier alpha value is -1.26. The SMILES string of the molecule is O=C(O)C1CCCCC1CNC(=O)N1CCCCC1. The Balaban J connectivity index is 1.79. The van der Waals surface area contributed by atoms with Crippen molar-refractivity contribution >= 4 is 12.0 Å². The summed E-state index contributed by atoms with van der Waals surface area (Å²) in [6.07, 6.45) is 7.09. The Bertz CT molecular complexity index is 327. The predicted octanol–water partition coefficient (Wildman–Crippen LogP) is 2.07. The lowest BCUT2D eigenvalue weighted by Crippen LogP contribution is -2.45. The molecule has 1 saturated heterocycles. The van der Waals surface area contributed by atoms with Gasteiger partial charge < -0.3 is 15.3 Å². The van der Waals surface area contributed by atoms with Crippen molar-refractivity contribution in [1.29, 1.82) is 0 Å². The quantitative estimate of drug-likeness (QED) is 0.823. The zero-order valence-electron chi connectivity index (χ0n) is 11.4. The second kappa shape index (κ2) is 6.78. The summed E-state index contributed by atoms with van der Waals surface area (Å²) in [5.41, 5.74) is 0. The van der Waals surface area contributed by atoms with Crippen LogP contribution in [0.1, 0.15) is 44.9 Å². The molecule has 2 amide bonds. The van der Waals surface area contributed by atoms with Crippen LogP contribution in [0.2, 0.25) is 0 Å². The molecule has 1 heterocycles. The van der Waals surface area contributed by atoms with Gasteiger partial charge in [-0.3, -0.25) is 4.79 Å². The van der Waals surface area contributed by atoms with Gasteiger partial charge in [0.1, 0.15) is 0 Å². The number of carbonyl (C=O) groups is 2. The van der Waals surface area contributed by atoms with Crippen LogP contribution in [0.5, 0.6) is 0 Å². The molecule has 2 N–H and O–H groups in total. The van der Waals surface area contributed by atoms with Gasteiger partial charge in [0.05, 0.1) is 5.92 Å². The minimum Gasteiger partial charge on any atom is -0.481 e. The van der Waals surface area contributed by atoms with E-state index in [0.717, 1.165) is 51.6 Å². The maximum absolute atomic E-state index is 12.0. The standard InChI is InChI=1S/C14H24N2O3/c17-13(18)12-7-3-2-6-11(12)10-15-14(19)16-8-4-1-5-9-16/h11-12H,1-10H2,(H,15,19)(H,17,18). The number of hydrogen-bond acceptors (Lipinski definition) is 2. The van der Waals surface area contributed by atoms with Crippen molar-refractivity contribution < 1.29 is 14.7 Å². The molecule has 19 heavy (non-hydrogen) atoms. The topological polar surface area (TPSA) is 69.6 Å². The number of hydrogen-bond donors (Lipinski definition) is 2. The summed E-state index contributed by atoms with van der Waals surface area (Å²) in [5.74, 6) is -0.896. The van der Waals surface area contributed by atoms with E-state index in [0.29, 0.717) is 6.54 Å². The highest BCUT2D eigenvalue weighted by molar-refractivity contribution is 5.74. The van der Waals surface area contributed by atoms with Crippen molar-refractivity contribution in [2.24, 2.45) is 11.8 Å². The molecule has 2 aliphatic rings. The number of piperidine rings is 1. The molecule has 108 valence electrons. The van der Waals surface area contributed by atoms with Gasteiger partial charge in [0.2, 0.25) is 0 Å². The summed E-state index contributed by atoms with van der Waals surface area (Å²) in [6.45, 7) is 2.17. The molecule has 2 rings (SSSR count). The van der Waals surface area contributed by atoms with Gasteiger partial charge in [-0.2, -0.15) is 0 Å². The highest BCUT2D eigenvalue weighted by atomic mass is 16.4. The van der Waals surface area contributed by atoms with Crippen molar-refractivity contribution in [3.05, 3.63) is 0 Å². The molecule has 5 nitrogen and oxygen atoms in total. The lowest BCUT2D eigenvalue weighted by atomic mass is 9.79. The third-order valence-corrected chi connectivity index (χ3v) is 4.39. The Labute approximate surface area is 114 Å². The fourth-order valence-corrected chi connectivity index (χ4v) is 3.20. The van der Waals surface area contributed by atoms with Gasteiger partial charge in [-0.1, -0.05) is 12.8 Å². The molecular formula is C14H24N2O3. The molecule has 0 radical (unpaired) electrons. The molecule has 1 saturated carbocycles. The molecule has 2 unspecified atom stereocenters. The predicted molar refractivity (Wildman–Crippen MR) is 71.9 cm³/mol. The summed E-state index contributed by atoms with van der Waals surface area (Å²) >= 11 is 0. The molecule has 0 aromatic rings. The Kier molecular flexibility index (Phi) is 5.05. The van der Waals surface area contributed by atoms with Crippen molar-refractivity contribution in [2.45, 2.75) is 44.9 Å². The maximum atomic E-state index is 12.0. The Morgan fingerprint density at radius 3 is 2.42 bits per heavy atom. The summed E-state index contributed by atoms with van der Waals surface area (Å²) in [7, 11) is 0. The molecule has 5 heteroatoms. The highest BCUT2D eigenvalue weighted by Crippen LogP contribution is 2.29. The van der Waals surface area contributed by atoms with Crippen molar-refractivity contribution in [2.75, 3.05) is 19.6 Å². The highest BCUT2D eigenvalue weighted by Gasteiger charge is 2.31. The first kappa shape index (κ1) is 14.2.